The van der Waals surface area contributed by atoms with Crippen LogP contribution >= 0.6 is 0 Å². The van der Waals surface area contributed by atoms with Gasteiger partial charge in [-0.2, -0.15) is 0 Å². The number of hydrogen-bond donors (Lipinski definition) is 2. The minimum absolute atomic E-state index is 0.124. The van der Waals surface area contributed by atoms with Crippen LogP contribution in [0.1, 0.15) is 40.4 Å². The number of fused-ring (bicyclic) bond motifs is 1. The highest BCUT2D eigenvalue weighted by molar-refractivity contribution is 5.78. The molecule has 0 fully saturated rings. The van der Waals surface area contributed by atoms with Crippen LogP contribution in [0, 0.1) is 0 Å². The molecular weight excluding hydrogens is 328 g/mol. The average molecular weight is 350 g/mol. The number of aromatic hydroxyl groups is 1. The Morgan fingerprint density at radius 1 is 1.12 bits per heavy atom. The molecule has 0 aliphatic heterocycles. The zero-order chi connectivity index (χ0) is 18.8. The van der Waals surface area contributed by atoms with E-state index in [0.717, 1.165) is 0 Å². The number of aromatic amines is 1. The third-order valence-corrected chi connectivity index (χ3v) is 3.02. The highest BCUT2D eigenvalue weighted by Gasteiger charge is 2.29. The van der Waals surface area contributed by atoms with Crippen molar-refractivity contribution in [2.45, 2.75) is 52.2 Å². The molecule has 0 unspecified atom stereocenters. The number of benzene rings is 1. The van der Waals surface area contributed by atoms with Gasteiger partial charge in [-0.3, -0.25) is 0 Å². The molecule has 25 heavy (non-hydrogen) atoms. The van der Waals surface area contributed by atoms with Crippen molar-refractivity contribution in [1.82, 2.24) is 9.97 Å². The fourth-order valence-electron chi connectivity index (χ4n) is 2.16. The Morgan fingerprint density at radius 3 is 2.40 bits per heavy atom. The van der Waals surface area contributed by atoms with Crippen molar-refractivity contribution in [2.75, 3.05) is 0 Å². The molecule has 1 heterocycles. The van der Waals surface area contributed by atoms with E-state index in [1.807, 2.05) is 0 Å². The molecule has 0 radical (unpaired) electrons. The maximum Gasteiger partial charge on any atom is 0.519 e. The van der Waals surface area contributed by atoms with E-state index in [9.17, 15) is 14.7 Å². The third kappa shape index (κ3) is 5.66. The zero-order valence-corrected chi connectivity index (χ0v) is 14.9. The van der Waals surface area contributed by atoms with Crippen LogP contribution < -0.4 is 0 Å². The highest BCUT2D eigenvalue weighted by atomic mass is 16.8. The lowest BCUT2D eigenvalue weighted by Crippen LogP contribution is -2.33. The van der Waals surface area contributed by atoms with Gasteiger partial charge in [0.05, 0.1) is 11.0 Å². The molecule has 1 aromatic heterocycles. The second-order valence-corrected chi connectivity index (χ2v) is 7.24. The summed E-state index contributed by atoms with van der Waals surface area (Å²) in [4.78, 5) is 30.6. The molecule has 136 valence electrons. The number of hydrogen-bond acceptors (Lipinski definition) is 7. The predicted molar refractivity (Wildman–Crippen MR) is 89.3 cm³/mol. The molecule has 0 saturated heterocycles. The first-order chi connectivity index (χ1) is 11.4. The van der Waals surface area contributed by atoms with Gasteiger partial charge in [0.2, 0.25) is 0 Å². The summed E-state index contributed by atoms with van der Waals surface area (Å²) >= 11 is 0. The fourth-order valence-corrected chi connectivity index (χ4v) is 2.16. The summed E-state index contributed by atoms with van der Waals surface area (Å²) in [6.07, 6.45) is -2.01. The maximum absolute atomic E-state index is 11.8. The summed E-state index contributed by atoms with van der Waals surface area (Å²) in [7, 11) is 0. The van der Waals surface area contributed by atoms with Crippen LogP contribution in [0.4, 0.5) is 9.59 Å². The van der Waals surface area contributed by atoms with Crippen LogP contribution in [0.5, 0.6) is 5.75 Å². The number of phenolic OH excluding ortho intramolecular Hbond substituents is 1. The molecule has 0 atom stereocenters. The fraction of sp³-hybridized carbons (Fsp3) is 0.471. The number of aromatic nitrogens is 2. The first kappa shape index (κ1) is 18.6. The predicted octanol–water partition coefficient (Wildman–Crippen LogP) is 3.68. The van der Waals surface area contributed by atoms with Gasteiger partial charge in [0.1, 0.15) is 22.8 Å². The Kier molecular flexibility index (Phi) is 4.92. The molecule has 0 saturated carbocycles. The normalized spacial score (nSPS) is 12.0. The number of imidazole rings is 1. The number of phenols is 1. The molecule has 0 aliphatic carbocycles. The first-order valence-electron chi connectivity index (χ1n) is 7.75. The minimum Gasteiger partial charge on any atom is -0.508 e. The van der Waals surface area contributed by atoms with Gasteiger partial charge >= 0.3 is 12.3 Å². The van der Waals surface area contributed by atoms with Gasteiger partial charge < -0.3 is 24.3 Å². The van der Waals surface area contributed by atoms with E-state index in [2.05, 4.69) is 14.7 Å². The lowest BCUT2D eigenvalue weighted by atomic mass is 10.1. The van der Waals surface area contributed by atoms with E-state index in [4.69, 9.17) is 9.47 Å². The third-order valence-electron chi connectivity index (χ3n) is 3.02. The summed E-state index contributed by atoms with van der Waals surface area (Å²) in [6, 6.07) is 4.76. The molecule has 0 amide bonds. The van der Waals surface area contributed by atoms with Crippen LogP contribution in [-0.4, -0.2) is 38.6 Å². The van der Waals surface area contributed by atoms with Crippen molar-refractivity contribution < 1.29 is 28.9 Å². The second kappa shape index (κ2) is 6.62. The monoisotopic (exact) mass is 350 g/mol. The smallest absolute Gasteiger partial charge is 0.508 e. The quantitative estimate of drug-likeness (QED) is 0.641. The summed E-state index contributed by atoms with van der Waals surface area (Å²) in [5.41, 5.74) is -0.399. The maximum atomic E-state index is 11.8. The molecule has 8 nitrogen and oxygen atoms in total. The second-order valence-electron chi connectivity index (χ2n) is 7.24. The molecule has 2 rings (SSSR count). The standard InChI is InChI=1S/C17H22N2O6/c1-16(2,3)24-14(21)23-15(22)25-17(4,5)9-13-18-11-7-6-10(20)8-12(11)19-13/h6-8,20H,9H2,1-5H3,(H,18,19). The molecule has 0 bridgehead atoms. The number of carbonyl (C=O) groups excluding carboxylic acids is 2. The average Bonchev–Trinajstić information content (AvgIpc) is 2.74. The van der Waals surface area contributed by atoms with Crippen molar-refractivity contribution in [3.8, 4) is 5.75 Å². The van der Waals surface area contributed by atoms with Crippen LogP contribution in [0.2, 0.25) is 0 Å². The van der Waals surface area contributed by atoms with Crippen LogP contribution in [0.3, 0.4) is 0 Å². The number of nitrogens with one attached hydrogen (secondary N) is 1. The minimum atomic E-state index is -1.15. The van der Waals surface area contributed by atoms with E-state index in [0.29, 0.717) is 16.9 Å². The Morgan fingerprint density at radius 2 is 1.76 bits per heavy atom. The van der Waals surface area contributed by atoms with Gasteiger partial charge in [-0.25, -0.2) is 14.6 Å². The number of rotatable bonds is 3. The van der Waals surface area contributed by atoms with Crippen molar-refractivity contribution >= 4 is 23.3 Å². The molecule has 0 spiro atoms. The van der Waals surface area contributed by atoms with Crippen LogP contribution in [-0.2, 0) is 20.6 Å². The lowest BCUT2D eigenvalue weighted by Gasteiger charge is -2.23. The van der Waals surface area contributed by atoms with Gasteiger partial charge in [-0.05, 0) is 46.8 Å². The molecule has 0 aliphatic rings. The Hall–Kier alpha value is -2.77. The van der Waals surface area contributed by atoms with Gasteiger partial charge in [0, 0.05) is 12.5 Å². The van der Waals surface area contributed by atoms with E-state index < -0.39 is 23.5 Å². The SMILES string of the molecule is CC(C)(C)OC(=O)OC(=O)OC(C)(C)Cc1nc2ccc(O)cc2[nH]1. The van der Waals surface area contributed by atoms with Gasteiger partial charge in [0.25, 0.3) is 0 Å². The number of H-pyrrole nitrogens is 1. The van der Waals surface area contributed by atoms with E-state index >= 15 is 0 Å². The van der Waals surface area contributed by atoms with Crippen LogP contribution in [0.25, 0.3) is 11.0 Å². The van der Waals surface area contributed by atoms with Gasteiger partial charge in [-0.1, -0.05) is 0 Å². The summed E-state index contributed by atoms with van der Waals surface area (Å²) in [5.74, 6) is 0.690. The lowest BCUT2D eigenvalue weighted by molar-refractivity contribution is -0.0343. The van der Waals surface area contributed by atoms with Crippen molar-refractivity contribution in [2.24, 2.45) is 0 Å². The van der Waals surface area contributed by atoms with E-state index in [1.165, 1.54) is 6.07 Å². The van der Waals surface area contributed by atoms with Gasteiger partial charge in [0.15, 0.2) is 0 Å². The summed E-state index contributed by atoms with van der Waals surface area (Å²) < 4.78 is 14.6. The number of ether oxygens (including phenoxy) is 3. The summed E-state index contributed by atoms with van der Waals surface area (Å²) in [5, 5.41) is 9.48. The Balaban J connectivity index is 1.98. The van der Waals surface area contributed by atoms with Crippen LogP contribution in [0.15, 0.2) is 18.2 Å². The molecule has 2 aromatic rings. The van der Waals surface area contributed by atoms with Crippen molar-refractivity contribution in [1.29, 1.82) is 0 Å². The topological polar surface area (TPSA) is 111 Å². The first-order valence-corrected chi connectivity index (χ1v) is 7.75. The highest BCUT2D eigenvalue weighted by Crippen LogP contribution is 2.22. The van der Waals surface area contributed by atoms with Crippen molar-refractivity contribution in [3.05, 3.63) is 24.0 Å². The molecule has 2 N–H and O–H groups in total. The largest absolute Gasteiger partial charge is 0.519 e. The van der Waals surface area contributed by atoms with Crippen molar-refractivity contribution in [3.63, 3.8) is 0 Å². The zero-order valence-electron chi connectivity index (χ0n) is 14.9. The van der Waals surface area contributed by atoms with E-state index in [-0.39, 0.29) is 12.2 Å². The molecular formula is C17H22N2O6. The molecule has 1 aromatic carbocycles. The Bertz CT molecular complexity index is 788. The van der Waals surface area contributed by atoms with Gasteiger partial charge in [-0.15, -0.1) is 0 Å². The number of carbonyl (C=O) groups is 2. The number of nitrogens with zero attached hydrogens (tertiary/aromatic N) is 1. The molecule has 8 heteroatoms. The summed E-state index contributed by atoms with van der Waals surface area (Å²) in [6.45, 7) is 8.29. The Labute approximate surface area is 145 Å². The van der Waals surface area contributed by atoms with E-state index in [1.54, 1.807) is 46.8 Å².